The lowest BCUT2D eigenvalue weighted by molar-refractivity contribution is 0.877. The minimum Gasteiger partial charge on any atom is -0.356 e. The second-order valence-electron chi connectivity index (χ2n) is 4.62. The maximum Gasteiger partial charge on any atom is 0.198 e. The van der Waals surface area contributed by atoms with Crippen molar-refractivity contribution >= 4 is 35.6 Å². The summed E-state index contributed by atoms with van der Waals surface area (Å²) in [6.07, 6.45) is 6.34. The number of anilines is 1. The predicted molar refractivity (Wildman–Crippen MR) is 98.3 cm³/mol. The van der Waals surface area contributed by atoms with Crippen LogP contribution in [-0.4, -0.2) is 25.6 Å². The summed E-state index contributed by atoms with van der Waals surface area (Å²) in [7, 11) is 0. The molecule has 0 saturated heterocycles. The molecule has 0 aromatic heterocycles. The van der Waals surface area contributed by atoms with Gasteiger partial charge in [-0.1, -0.05) is 30.4 Å². The number of para-hydroxylation sites is 1. The summed E-state index contributed by atoms with van der Waals surface area (Å²) in [6.45, 7) is 6.93. The number of hydrogen-bond acceptors (Lipinski definition) is 1. The summed E-state index contributed by atoms with van der Waals surface area (Å²) in [4.78, 5) is 7.01. The van der Waals surface area contributed by atoms with E-state index in [4.69, 9.17) is 4.99 Å². The molecule has 0 saturated carbocycles. The van der Waals surface area contributed by atoms with Crippen molar-refractivity contribution in [3.8, 4) is 0 Å². The van der Waals surface area contributed by atoms with Crippen molar-refractivity contribution in [3.05, 3.63) is 42.0 Å². The van der Waals surface area contributed by atoms with E-state index >= 15 is 0 Å². The highest BCUT2D eigenvalue weighted by Crippen LogP contribution is 2.27. The molecule has 0 amide bonds. The first-order chi connectivity index (χ1) is 9.36. The molecule has 0 spiro atoms. The highest BCUT2D eigenvalue weighted by atomic mass is 127. The van der Waals surface area contributed by atoms with Crippen LogP contribution in [0.25, 0.3) is 0 Å². The van der Waals surface area contributed by atoms with Gasteiger partial charge in [-0.05, 0) is 38.3 Å². The second-order valence-corrected chi connectivity index (χ2v) is 4.62. The van der Waals surface area contributed by atoms with Gasteiger partial charge in [-0.3, -0.25) is 4.99 Å². The van der Waals surface area contributed by atoms with Crippen molar-refractivity contribution in [1.82, 2.24) is 5.32 Å². The Morgan fingerprint density at radius 3 is 2.95 bits per heavy atom. The smallest absolute Gasteiger partial charge is 0.198 e. The first kappa shape index (κ1) is 17.0. The van der Waals surface area contributed by atoms with Gasteiger partial charge >= 0.3 is 0 Å². The quantitative estimate of drug-likeness (QED) is 0.282. The van der Waals surface area contributed by atoms with Crippen molar-refractivity contribution in [3.63, 3.8) is 0 Å². The second kappa shape index (κ2) is 9.00. The first-order valence-corrected chi connectivity index (χ1v) is 7.11. The molecule has 0 unspecified atom stereocenters. The summed E-state index contributed by atoms with van der Waals surface area (Å²) >= 11 is 0. The summed E-state index contributed by atoms with van der Waals surface area (Å²) in [5.41, 5.74) is 2.72. The molecule has 0 aliphatic carbocycles. The summed E-state index contributed by atoms with van der Waals surface area (Å²) in [6, 6.07) is 8.60. The fourth-order valence-corrected chi connectivity index (χ4v) is 2.36. The third-order valence-electron chi connectivity index (χ3n) is 3.27. The van der Waals surface area contributed by atoms with Gasteiger partial charge in [0.05, 0.1) is 0 Å². The maximum absolute atomic E-state index is 4.71. The van der Waals surface area contributed by atoms with Crippen molar-refractivity contribution < 1.29 is 0 Å². The van der Waals surface area contributed by atoms with Crippen LogP contribution in [0.5, 0.6) is 0 Å². The van der Waals surface area contributed by atoms with Crippen LogP contribution in [0, 0.1) is 0 Å². The monoisotopic (exact) mass is 385 g/mol. The Morgan fingerprint density at radius 1 is 1.40 bits per heavy atom. The number of benzene rings is 1. The van der Waals surface area contributed by atoms with Crippen molar-refractivity contribution in [2.24, 2.45) is 4.99 Å². The van der Waals surface area contributed by atoms with Crippen molar-refractivity contribution in [2.45, 2.75) is 26.7 Å². The Balaban J connectivity index is 0.00000200. The summed E-state index contributed by atoms with van der Waals surface area (Å²) in [5.74, 6) is 1.01. The molecule has 0 atom stereocenters. The fourth-order valence-electron chi connectivity index (χ4n) is 2.36. The fraction of sp³-hybridized carbons (Fsp3) is 0.438. The van der Waals surface area contributed by atoms with Gasteiger partial charge in [-0.2, -0.15) is 0 Å². The standard InChI is InChI=1S/C16H23N3.HI/c1-3-5-8-12-18-16(17-4-2)19-13-11-14-9-6-7-10-15(14)19;/h3,5-7,9-10H,4,8,11-13H2,1-2H3,(H,17,18);1H/b5-3+;. The normalized spacial score (nSPS) is 14.3. The lowest BCUT2D eigenvalue weighted by atomic mass is 10.2. The van der Waals surface area contributed by atoms with Crippen LogP contribution in [0.1, 0.15) is 25.8 Å². The number of allylic oxidation sites excluding steroid dienone is 1. The van der Waals surface area contributed by atoms with Gasteiger partial charge in [-0.25, -0.2) is 0 Å². The average Bonchev–Trinajstić information content (AvgIpc) is 2.86. The van der Waals surface area contributed by atoms with Gasteiger partial charge < -0.3 is 10.2 Å². The highest BCUT2D eigenvalue weighted by Gasteiger charge is 2.21. The SMILES string of the molecule is C/C=C/CCN=C(NCC)N1CCc2ccccc21.I. The van der Waals surface area contributed by atoms with Gasteiger partial charge in [0.15, 0.2) is 5.96 Å². The van der Waals surface area contributed by atoms with E-state index in [1.54, 1.807) is 0 Å². The lowest BCUT2D eigenvalue weighted by Gasteiger charge is -2.22. The zero-order valence-corrected chi connectivity index (χ0v) is 14.6. The molecule has 4 heteroatoms. The number of rotatable bonds is 4. The zero-order valence-electron chi connectivity index (χ0n) is 12.3. The van der Waals surface area contributed by atoms with Crippen LogP contribution in [0.4, 0.5) is 5.69 Å². The van der Waals surface area contributed by atoms with Crippen LogP contribution in [0.2, 0.25) is 0 Å². The molecular weight excluding hydrogens is 361 g/mol. The molecule has 1 aromatic carbocycles. The number of fused-ring (bicyclic) bond motifs is 1. The molecule has 20 heavy (non-hydrogen) atoms. The third kappa shape index (κ3) is 4.23. The third-order valence-corrected chi connectivity index (χ3v) is 3.27. The lowest BCUT2D eigenvalue weighted by Crippen LogP contribution is -2.40. The topological polar surface area (TPSA) is 27.6 Å². The van der Waals surface area contributed by atoms with Crippen LogP contribution in [0.3, 0.4) is 0 Å². The Kier molecular flexibility index (Phi) is 7.65. The number of halogens is 1. The number of hydrogen-bond donors (Lipinski definition) is 1. The molecular formula is C16H24IN3. The van der Waals surface area contributed by atoms with E-state index < -0.39 is 0 Å². The van der Waals surface area contributed by atoms with E-state index in [0.717, 1.165) is 38.4 Å². The molecule has 3 nitrogen and oxygen atoms in total. The number of guanidine groups is 1. The van der Waals surface area contributed by atoms with Crippen molar-refractivity contribution in [1.29, 1.82) is 0 Å². The molecule has 1 aliphatic rings. The van der Waals surface area contributed by atoms with Gasteiger partial charge in [0.1, 0.15) is 0 Å². The van der Waals surface area contributed by atoms with Crippen LogP contribution >= 0.6 is 24.0 Å². The summed E-state index contributed by atoms with van der Waals surface area (Å²) < 4.78 is 0. The number of nitrogens with zero attached hydrogens (tertiary/aromatic N) is 2. The Labute approximate surface area is 139 Å². The molecule has 1 aliphatic heterocycles. The predicted octanol–water partition coefficient (Wildman–Crippen LogP) is 3.60. The van der Waals surface area contributed by atoms with E-state index in [2.05, 4.69) is 53.6 Å². The van der Waals surface area contributed by atoms with Gasteiger partial charge in [0, 0.05) is 25.3 Å². The van der Waals surface area contributed by atoms with E-state index in [1.807, 2.05) is 6.92 Å². The number of nitrogens with one attached hydrogen (secondary N) is 1. The van der Waals surface area contributed by atoms with E-state index in [1.165, 1.54) is 11.3 Å². The molecule has 1 heterocycles. The van der Waals surface area contributed by atoms with Crippen molar-refractivity contribution in [2.75, 3.05) is 24.5 Å². The van der Waals surface area contributed by atoms with Crippen LogP contribution < -0.4 is 10.2 Å². The average molecular weight is 385 g/mol. The van der Waals surface area contributed by atoms with Gasteiger partial charge in [0.2, 0.25) is 0 Å². The van der Waals surface area contributed by atoms with E-state index in [-0.39, 0.29) is 24.0 Å². The molecule has 1 aromatic rings. The van der Waals surface area contributed by atoms with E-state index in [9.17, 15) is 0 Å². The Hall–Kier alpha value is -1.04. The molecule has 1 N–H and O–H groups in total. The maximum atomic E-state index is 4.71. The van der Waals surface area contributed by atoms with Crippen LogP contribution in [-0.2, 0) is 6.42 Å². The summed E-state index contributed by atoms with van der Waals surface area (Å²) in [5, 5.41) is 3.39. The zero-order chi connectivity index (χ0) is 13.5. The molecule has 0 radical (unpaired) electrons. The molecule has 0 bridgehead atoms. The molecule has 0 fully saturated rings. The van der Waals surface area contributed by atoms with Gasteiger partial charge in [-0.15, -0.1) is 24.0 Å². The minimum atomic E-state index is 0. The van der Waals surface area contributed by atoms with E-state index in [0.29, 0.717) is 0 Å². The minimum absolute atomic E-state index is 0. The largest absolute Gasteiger partial charge is 0.356 e. The highest BCUT2D eigenvalue weighted by molar-refractivity contribution is 14.0. The number of aliphatic imine (C=N–C) groups is 1. The van der Waals surface area contributed by atoms with Crippen LogP contribution in [0.15, 0.2) is 41.4 Å². The first-order valence-electron chi connectivity index (χ1n) is 7.11. The Morgan fingerprint density at radius 2 is 2.20 bits per heavy atom. The molecule has 110 valence electrons. The van der Waals surface area contributed by atoms with Gasteiger partial charge in [0.25, 0.3) is 0 Å². The molecule has 2 rings (SSSR count). The Bertz CT molecular complexity index is 469.